The van der Waals surface area contributed by atoms with Gasteiger partial charge < -0.3 is 10.6 Å². The third kappa shape index (κ3) is 7.99. The van der Waals surface area contributed by atoms with E-state index in [0.717, 1.165) is 37.7 Å². The van der Waals surface area contributed by atoms with E-state index in [4.69, 9.17) is 0 Å². The maximum absolute atomic E-state index is 13.5. The van der Waals surface area contributed by atoms with Crippen LogP contribution in [-0.2, 0) is 25.2 Å². The molecule has 2 unspecified atom stereocenters. The van der Waals surface area contributed by atoms with Crippen LogP contribution in [0.4, 0.5) is 15.8 Å². The number of hydrogen-bond donors (Lipinski definition) is 2. The van der Waals surface area contributed by atoms with Crippen LogP contribution in [0.25, 0.3) is 0 Å². The van der Waals surface area contributed by atoms with Gasteiger partial charge in [-0.05, 0) is 63.1 Å². The van der Waals surface area contributed by atoms with Gasteiger partial charge in [-0.2, -0.15) is 0 Å². The Labute approximate surface area is 207 Å². The van der Waals surface area contributed by atoms with Crippen LogP contribution in [0.5, 0.6) is 0 Å². The summed E-state index contributed by atoms with van der Waals surface area (Å²) < 4.78 is 26.1. The molecule has 0 heterocycles. The average molecular weight is 502 g/mol. The molecule has 35 heavy (non-hydrogen) atoms. The van der Waals surface area contributed by atoms with Gasteiger partial charge >= 0.3 is 0 Å². The first-order chi connectivity index (χ1) is 16.7. The Morgan fingerprint density at radius 3 is 2.26 bits per heavy atom. The van der Waals surface area contributed by atoms with Gasteiger partial charge in [0.05, 0.1) is 0 Å². The summed E-state index contributed by atoms with van der Waals surface area (Å²) in [5.41, 5.74) is 1.94. The Morgan fingerprint density at radius 2 is 1.63 bits per heavy atom. The van der Waals surface area contributed by atoms with Crippen LogP contribution in [0, 0.1) is 12.7 Å². The second-order valence-corrected chi connectivity index (χ2v) is 10.4. The molecule has 2 N–H and O–H groups in total. The molecule has 2 aromatic carbocycles. The number of halogens is 1. The maximum atomic E-state index is 13.5. The second-order valence-electron chi connectivity index (χ2n) is 8.90. The summed E-state index contributed by atoms with van der Waals surface area (Å²) in [6.07, 6.45) is 5.02. The van der Waals surface area contributed by atoms with Gasteiger partial charge in [-0.15, -0.1) is 0 Å². The van der Waals surface area contributed by atoms with E-state index in [1.54, 1.807) is 19.1 Å². The zero-order valence-electron chi connectivity index (χ0n) is 20.1. The molecule has 3 rings (SSSR count). The molecule has 0 saturated heterocycles. The molecule has 2 atom stereocenters. The SMILES string of the molecule is Cc1ccc(NC(=O)CS(=O)CC(=O)N(c2ccc(F)cc2)C(C)C(=O)NC2CCCCC2)cc1. The summed E-state index contributed by atoms with van der Waals surface area (Å²) in [5.74, 6) is -2.66. The number of nitrogens with zero attached hydrogens (tertiary/aromatic N) is 1. The first-order valence-corrected chi connectivity index (χ1v) is 13.3. The number of rotatable bonds is 9. The van der Waals surface area contributed by atoms with Gasteiger partial charge in [0.2, 0.25) is 17.7 Å². The van der Waals surface area contributed by atoms with Crippen LogP contribution in [0.2, 0.25) is 0 Å². The van der Waals surface area contributed by atoms with Crippen molar-refractivity contribution in [3.8, 4) is 0 Å². The fourth-order valence-corrected chi connectivity index (χ4v) is 4.99. The molecule has 0 bridgehead atoms. The highest BCUT2D eigenvalue weighted by Crippen LogP contribution is 2.21. The number of anilines is 2. The fourth-order valence-electron chi connectivity index (χ4n) is 4.11. The monoisotopic (exact) mass is 501 g/mol. The average Bonchev–Trinajstić information content (AvgIpc) is 2.82. The highest BCUT2D eigenvalue weighted by molar-refractivity contribution is 7.86. The second kappa shape index (κ2) is 12.6. The van der Waals surface area contributed by atoms with Crippen molar-refractivity contribution in [3.63, 3.8) is 0 Å². The minimum absolute atomic E-state index is 0.0588. The van der Waals surface area contributed by atoms with Crippen molar-refractivity contribution in [2.24, 2.45) is 0 Å². The maximum Gasteiger partial charge on any atom is 0.243 e. The van der Waals surface area contributed by atoms with Crippen molar-refractivity contribution in [1.82, 2.24) is 5.32 Å². The first kappa shape index (κ1) is 26.5. The number of carbonyl (C=O) groups is 3. The smallest absolute Gasteiger partial charge is 0.243 e. The van der Waals surface area contributed by atoms with Gasteiger partial charge in [-0.25, -0.2) is 4.39 Å². The fraction of sp³-hybridized carbons (Fsp3) is 0.423. The van der Waals surface area contributed by atoms with Crippen LogP contribution in [0.15, 0.2) is 48.5 Å². The summed E-state index contributed by atoms with van der Waals surface area (Å²) in [6.45, 7) is 3.52. The largest absolute Gasteiger partial charge is 0.352 e. The summed E-state index contributed by atoms with van der Waals surface area (Å²) in [4.78, 5) is 39.7. The highest BCUT2D eigenvalue weighted by Gasteiger charge is 2.30. The molecule has 0 aromatic heterocycles. The van der Waals surface area contributed by atoms with Gasteiger partial charge in [0.1, 0.15) is 23.4 Å². The van der Waals surface area contributed by atoms with E-state index in [-0.39, 0.29) is 17.7 Å². The number of hydrogen-bond acceptors (Lipinski definition) is 4. The van der Waals surface area contributed by atoms with E-state index in [0.29, 0.717) is 11.4 Å². The normalized spacial score (nSPS) is 15.6. The molecule has 0 spiro atoms. The highest BCUT2D eigenvalue weighted by atomic mass is 32.2. The minimum atomic E-state index is -1.80. The standard InChI is InChI=1S/C26H32FN3O4S/c1-18-8-12-22(13-9-18)28-24(31)16-35(34)17-25(32)30(23-14-10-20(27)11-15-23)19(2)26(33)29-21-6-4-3-5-7-21/h8-15,19,21H,3-7,16-17H2,1-2H3,(H,28,31)(H,29,33). The topological polar surface area (TPSA) is 95.6 Å². The number of amides is 3. The molecular weight excluding hydrogens is 469 g/mol. The minimum Gasteiger partial charge on any atom is -0.352 e. The molecular formula is C26H32FN3O4S. The van der Waals surface area contributed by atoms with Crippen molar-refractivity contribution in [2.45, 2.75) is 58.0 Å². The van der Waals surface area contributed by atoms with Crippen LogP contribution in [-0.4, -0.2) is 45.5 Å². The van der Waals surface area contributed by atoms with Gasteiger partial charge in [-0.3, -0.25) is 23.5 Å². The van der Waals surface area contributed by atoms with Crippen molar-refractivity contribution < 1.29 is 23.0 Å². The molecule has 1 fully saturated rings. The number of benzene rings is 2. The zero-order chi connectivity index (χ0) is 25.4. The van der Waals surface area contributed by atoms with E-state index in [1.807, 2.05) is 19.1 Å². The van der Waals surface area contributed by atoms with Gasteiger partial charge in [0.25, 0.3) is 0 Å². The Kier molecular flexibility index (Phi) is 9.54. The predicted molar refractivity (Wildman–Crippen MR) is 136 cm³/mol. The van der Waals surface area contributed by atoms with Crippen LogP contribution < -0.4 is 15.5 Å². The van der Waals surface area contributed by atoms with E-state index in [1.165, 1.54) is 29.2 Å². The number of carbonyl (C=O) groups excluding carboxylic acids is 3. The van der Waals surface area contributed by atoms with E-state index >= 15 is 0 Å². The van der Waals surface area contributed by atoms with E-state index in [2.05, 4.69) is 10.6 Å². The lowest BCUT2D eigenvalue weighted by atomic mass is 9.95. The third-order valence-corrected chi connectivity index (χ3v) is 7.16. The summed E-state index contributed by atoms with van der Waals surface area (Å²) in [5, 5.41) is 5.67. The van der Waals surface area contributed by atoms with E-state index in [9.17, 15) is 23.0 Å². The van der Waals surface area contributed by atoms with E-state index < -0.39 is 40.2 Å². The Balaban J connectivity index is 1.66. The number of aryl methyl sites for hydroxylation is 1. The molecule has 1 aliphatic carbocycles. The first-order valence-electron chi connectivity index (χ1n) is 11.8. The van der Waals surface area contributed by atoms with Crippen molar-refractivity contribution in [2.75, 3.05) is 21.7 Å². The molecule has 3 amide bonds. The molecule has 188 valence electrons. The summed E-state index contributed by atoms with van der Waals surface area (Å²) in [7, 11) is -1.80. The molecule has 9 heteroatoms. The Bertz CT molecular complexity index is 1050. The van der Waals surface area contributed by atoms with Crippen molar-refractivity contribution in [1.29, 1.82) is 0 Å². The van der Waals surface area contributed by atoms with Gasteiger partial charge in [0, 0.05) is 28.2 Å². The van der Waals surface area contributed by atoms with Crippen LogP contribution in [0.3, 0.4) is 0 Å². The lowest BCUT2D eigenvalue weighted by Gasteiger charge is -2.31. The van der Waals surface area contributed by atoms with Gasteiger partial charge in [-0.1, -0.05) is 37.0 Å². The molecule has 0 aliphatic heterocycles. The molecule has 1 saturated carbocycles. The van der Waals surface area contributed by atoms with Crippen molar-refractivity contribution in [3.05, 3.63) is 59.9 Å². The lowest BCUT2D eigenvalue weighted by Crippen LogP contribution is -2.52. The predicted octanol–water partition coefficient (Wildman–Crippen LogP) is 3.69. The van der Waals surface area contributed by atoms with Crippen LogP contribution in [0.1, 0.15) is 44.6 Å². The lowest BCUT2D eigenvalue weighted by molar-refractivity contribution is -0.126. The Hall–Kier alpha value is -3.07. The number of nitrogens with one attached hydrogen (secondary N) is 2. The molecule has 0 radical (unpaired) electrons. The third-order valence-electron chi connectivity index (χ3n) is 6.00. The molecule has 2 aromatic rings. The quantitative estimate of drug-likeness (QED) is 0.548. The van der Waals surface area contributed by atoms with Crippen molar-refractivity contribution >= 4 is 39.9 Å². The summed E-state index contributed by atoms with van der Waals surface area (Å²) in [6, 6.07) is 11.5. The zero-order valence-corrected chi connectivity index (χ0v) is 20.9. The van der Waals surface area contributed by atoms with Crippen LogP contribution >= 0.6 is 0 Å². The Morgan fingerprint density at radius 1 is 1.00 bits per heavy atom. The van der Waals surface area contributed by atoms with Gasteiger partial charge in [0.15, 0.2) is 0 Å². The molecule has 7 nitrogen and oxygen atoms in total. The summed E-state index contributed by atoms with van der Waals surface area (Å²) >= 11 is 0. The molecule has 1 aliphatic rings.